The Morgan fingerprint density at radius 2 is 2.10 bits per heavy atom. The molecule has 120 valence electrons. The van der Waals surface area contributed by atoms with Gasteiger partial charge >= 0.3 is 5.69 Å². The molecule has 1 rings (SSSR count). The van der Waals surface area contributed by atoms with Gasteiger partial charge < -0.3 is 11.1 Å². The van der Waals surface area contributed by atoms with Crippen LogP contribution in [-0.2, 0) is 7.05 Å². The van der Waals surface area contributed by atoms with Crippen LogP contribution < -0.4 is 11.1 Å². The number of nitro groups is 1. The summed E-state index contributed by atoms with van der Waals surface area (Å²) in [6.07, 6.45) is 0.715. The summed E-state index contributed by atoms with van der Waals surface area (Å²) in [5.41, 5.74) is 5.53. The van der Waals surface area contributed by atoms with Crippen molar-refractivity contribution in [2.24, 2.45) is 18.7 Å². The highest BCUT2D eigenvalue weighted by molar-refractivity contribution is 5.97. The quantitative estimate of drug-likeness (QED) is 0.603. The molecule has 1 atom stereocenters. The fourth-order valence-corrected chi connectivity index (χ4v) is 2.16. The van der Waals surface area contributed by atoms with Gasteiger partial charge in [-0.05, 0) is 19.3 Å². The molecule has 1 unspecified atom stereocenters. The minimum atomic E-state index is -0.586. The van der Waals surface area contributed by atoms with E-state index in [1.807, 2.05) is 13.8 Å². The maximum absolute atomic E-state index is 12.2. The smallest absolute Gasteiger partial charge is 0.322 e. The Bertz CT molecular complexity index is 515. The molecule has 0 fully saturated rings. The van der Waals surface area contributed by atoms with Gasteiger partial charge in [-0.25, -0.2) is 0 Å². The number of halogens is 1. The first-order chi connectivity index (χ1) is 9.27. The maximum Gasteiger partial charge on any atom is 0.322 e. The fraction of sp³-hybridized carbons (Fsp3) is 0.667. The Balaban J connectivity index is 0.00000400. The van der Waals surface area contributed by atoms with E-state index in [-0.39, 0.29) is 42.1 Å². The van der Waals surface area contributed by atoms with E-state index < -0.39 is 10.8 Å². The SMILES string of the molecule is Cc1nn(C)c(C(=O)NC(CN)CC(C)C)c1[N+](=O)[O-].Cl. The highest BCUT2D eigenvalue weighted by Crippen LogP contribution is 2.22. The molecule has 3 N–H and O–H groups in total. The normalized spacial score (nSPS) is 11.9. The maximum atomic E-state index is 12.2. The van der Waals surface area contributed by atoms with Crippen molar-refractivity contribution in [3.8, 4) is 0 Å². The summed E-state index contributed by atoms with van der Waals surface area (Å²) >= 11 is 0. The summed E-state index contributed by atoms with van der Waals surface area (Å²) < 4.78 is 1.23. The van der Waals surface area contributed by atoms with E-state index in [0.717, 1.165) is 0 Å². The zero-order valence-corrected chi connectivity index (χ0v) is 13.4. The second-order valence-corrected chi connectivity index (χ2v) is 5.20. The van der Waals surface area contributed by atoms with Crippen LogP contribution in [0.4, 0.5) is 5.69 Å². The molecular formula is C12H22ClN5O3. The second-order valence-electron chi connectivity index (χ2n) is 5.20. The summed E-state index contributed by atoms with van der Waals surface area (Å²) in [4.78, 5) is 22.7. The molecule has 0 saturated heterocycles. The van der Waals surface area contributed by atoms with Crippen LogP contribution >= 0.6 is 12.4 Å². The van der Waals surface area contributed by atoms with Crippen LogP contribution in [-0.4, -0.2) is 33.2 Å². The van der Waals surface area contributed by atoms with Gasteiger partial charge in [-0.1, -0.05) is 13.8 Å². The number of carbonyl (C=O) groups excluding carboxylic acids is 1. The molecule has 0 radical (unpaired) electrons. The van der Waals surface area contributed by atoms with Gasteiger partial charge in [0.25, 0.3) is 5.91 Å². The van der Waals surface area contributed by atoms with Crippen molar-refractivity contribution in [3.05, 3.63) is 21.5 Å². The Kier molecular flexibility index (Phi) is 7.31. The monoisotopic (exact) mass is 319 g/mol. The molecule has 1 amide bonds. The first-order valence-electron chi connectivity index (χ1n) is 6.46. The van der Waals surface area contributed by atoms with E-state index >= 15 is 0 Å². The molecule has 0 aliphatic rings. The lowest BCUT2D eigenvalue weighted by Gasteiger charge is -2.18. The number of nitrogens with one attached hydrogen (secondary N) is 1. The zero-order chi connectivity index (χ0) is 15.4. The van der Waals surface area contributed by atoms with Gasteiger partial charge in [-0.15, -0.1) is 12.4 Å². The van der Waals surface area contributed by atoms with Crippen molar-refractivity contribution in [3.63, 3.8) is 0 Å². The van der Waals surface area contributed by atoms with E-state index in [4.69, 9.17) is 5.73 Å². The standard InChI is InChI=1S/C12H21N5O3.ClH/c1-7(2)5-9(6-13)14-12(18)11-10(17(19)20)8(3)15-16(11)4;/h7,9H,5-6,13H2,1-4H3,(H,14,18);1H. The molecule has 0 aliphatic carbocycles. The topological polar surface area (TPSA) is 116 Å². The summed E-state index contributed by atoms with van der Waals surface area (Å²) in [7, 11) is 1.51. The molecular weight excluding hydrogens is 298 g/mol. The predicted octanol–water partition coefficient (Wildman–Crippen LogP) is 1.16. The van der Waals surface area contributed by atoms with Crippen LogP contribution in [0, 0.1) is 23.0 Å². The van der Waals surface area contributed by atoms with Crippen molar-refractivity contribution >= 4 is 24.0 Å². The van der Waals surface area contributed by atoms with E-state index in [1.165, 1.54) is 18.7 Å². The molecule has 0 aliphatic heterocycles. The average molecular weight is 320 g/mol. The van der Waals surface area contributed by atoms with Gasteiger partial charge in [0.15, 0.2) is 0 Å². The third kappa shape index (κ3) is 4.68. The molecule has 0 aromatic carbocycles. The minimum absolute atomic E-state index is 0. The van der Waals surface area contributed by atoms with E-state index in [1.54, 1.807) is 0 Å². The van der Waals surface area contributed by atoms with Crippen LogP contribution in [0.1, 0.15) is 36.5 Å². The number of hydrogen-bond donors (Lipinski definition) is 2. The lowest BCUT2D eigenvalue weighted by molar-refractivity contribution is -0.385. The fourth-order valence-electron chi connectivity index (χ4n) is 2.16. The van der Waals surface area contributed by atoms with Crippen molar-refractivity contribution < 1.29 is 9.72 Å². The lowest BCUT2D eigenvalue weighted by Crippen LogP contribution is -2.41. The van der Waals surface area contributed by atoms with Crippen LogP contribution in [0.15, 0.2) is 0 Å². The summed E-state index contributed by atoms with van der Waals surface area (Å²) in [6, 6.07) is -0.211. The molecule has 1 aromatic rings. The van der Waals surface area contributed by atoms with Crippen molar-refractivity contribution in [1.82, 2.24) is 15.1 Å². The minimum Gasteiger partial charge on any atom is -0.346 e. The van der Waals surface area contributed by atoms with E-state index in [9.17, 15) is 14.9 Å². The summed E-state index contributed by atoms with van der Waals surface area (Å²) in [6.45, 7) is 5.83. The number of rotatable bonds is 6. The van der Waals surface area contributed by atoms with E-state index in [0.29, 0.717) is 12.3 Å². The molecule has 1 aromatic heterocycles. The van der Waals surface area contributed by atoms with Gasteiger partial charge in [-0.3, -0.25) is 19.6 Å². The molecule has 21 heavy (non-hydrogen) atoms. The third-order valence-electron chi connectivity index (χ3n) is 2.96. The first-order valence-corrected chi connectivity index (χ1v) is 6.46. The largest absolute Gasteiger partial charge is 0.346 e. The van der Waals surface area contributed by atoms with Crippen LogP contribution in [0.3, 0.4) is 0 Å². The van der Waals surface area contributed by atoms with Crippen molar-refractivity contribution in [2.75, 3.05) is 6.54 Å². The number of nitrogens with zero attached hydrogens (tertiary/aromatic N) is 3. The average Bonchev–Trinajstić information content (AvgIpc) is 2.62. The third-order valence-corrected chi connectivity index (χ3v) is 2.96. The highest BCUT2D eigenvalue weighted by Gasteiger charge is 2.30. The Morgan fingerprint density at radius 3 is 2.52 bits per heavy atom. The molecule has 0 spiro atoms. The van der Waals surface area contributed by atoms with Crippen molar-refractivity contribution in [1.29, 1.82) is 0 Å². The number of nitrogens with two attached hydrogens (primary N) is 1. The zero-order valence-electron chi connectivity index (χ0n) is 12.6. The van der Waals surface area contributed by atoms with E-state index in [2.05, 4.69) is 10.4 Å². The first kappa shape index (κ1) is 19.3. The number of hydrogen-bond acceptors (Lipinski definition) is 5. The van der Waals surface area contributed by atoms with Gasteiger partial charge in [0.05, 0.1) is 4.92 Å². The van der Waals surface area contributed by atoms with Gasteiger partial charge in [0, 0.05) is 19.6 Å². The predicted molar refractivity (Wildman–Crippen MR) is 81.6 cm³/mol. The Morgan fingerprint density at radius 1 is 1.52 bits per heavy atom. The molecule has 0 bridgehead atoms. The van der Waals surface area contributed by atoms with Crippen LogP contribution in [0.5, 0.6) is 0 Å². The number of amides is 1. The number of carbonyl (C=O) groups is 1. The summed E-state index contributed by atoms with van der Waals surface area (Å²) in [5.74, 6) is -0.150. The van der Waals surface area contributed by atoms with Crippen LogP contribution in [0.2, 0.25) is 0 Å². The Hall–Kier alpha value is -1.67. The van der Waals surface area contributed by atoms with Crippen LogP contribution in [0.25, 0.3) is 0 Å². The van der Waals surface area contributed by atoms with Gasteiger partial charge in [0.1, 0.15) is 5.69 Å². The highest BCUT2D eigenvalue weighted by atomic mass is 35.5. The molecule has 9 heteroatoms. The van der Waals surface area contributed by atoms with Gasteiger partial charge in [-0.2, -0.15) is 5.10 Å². The van der Waals surface area contributed by atoms with Crippen molar-refractivity contribution in [2.45, 2.75) is 33.2 Å². The number of aryl methyl sites for hydroxylation is 2. The summed E-state index contributed by atoms with van der Waals surface area (Å²) in [5, 5.41) is 17.7. The lowest BCUT2D eigenvalue weighted by atomic mass is 10.0. The molecule has 8 nitrogen and oxygen atoms in total. The van der Waals surface area contributed by atoms with Gasteiger partial charge in [0.2, 0.25) is 5.69 Å². The second kappa shape index (κ2) is 7.94. The Labute approximate surface area is 129 Å². The molecule has 0 saturated carbocycles. The number of aromatic nitrogens is 2. The molecule has 1 heterocycles.